The Balaban J connectivity index is 1.43. The molecule has 0 bridgehead atoms. The molecule has 2 N–H and O–H groups in total. The summed E-state index contributed by atoms with van der Waals surface area (Å²) in [5.74, 6) is 1.42. The van der Waals surface area contributed by atoms with Crippen LogP contribution in [0, 0.1) is 19.8 Å². The zero-order chi connectivity index (χ0) is 25.7. The molecule has 1 aliphatic heterocycles. The summed E-state index contributed by atoms with van der Waals surface area (Å²) in [6.07, 6.45) is 2.25. The fourth-order valence-corrected chi connectivity index (χ4v) is 5.00. The van der Waals surface area contributed by atoms with Gasteiger partial charge in [0, 0.05) is 57.7 Å². The first-order valence-corrected chi connectivity index (χ1v) is 13.1. The number of rotatable bonds is 5. The molecule has 2 amide bonds. The molecule has 0 aliphatic carbocycles. The molecule has 7 nitrogen and oxygen atoms in total. The van der Waals surface area contributed by atoms with Gasteiger partial charge >= 0.3 is 0 Å². The largest absolute Gasteiger partial charge is 0.342 e. The van der Waals surface area contributed by atoms with E-state index in [1.807, 2.05) is 28.0 Å². The third kappa shape index (κ3) is 6.32. The topological polar surface area (TPSA) is 81.3 Å². The van der Waals surface area contributed by atoms with Crippen molar-refractivity contribution in [3.05, 3.63) is 58.9 Å². The lowest BCUT2D eigenvalue weighted by Crippen LogP contribution is -2.39. The first-order valence-electron chi connectivity index (χ1n) is 13.1. The monoisotopic (exact) mass is 489 g/mol. The molecule has 192 valence electrons. The van der Waals surface area contributed by atoms with Gasteiger partial charge in [0.05, 0.1) is 11.0 Å². The lowest BCUT2D eigenvalue weighted by Gasteiger charge is -2.27. The van der Waals surface area contributed by atoms with E-state index in [-0.39, 0.29) is 11.8 Å². The normalized spacial score (nSPS) is 15.1. The lowest BCUT2D eigenvalue weighted by molar-refractivity contribution is -0.131. The van der Waals surface area contributed by atoms with Crippen LogP contribution in [0.25, 0.3) is 11.0 Å². The first-order chi connectivity index (χ1) is 17.3. The number of carbonyl (C=O) groups excluding carboxylic acids is 2. The number of anilines is 1. The van der Waals surface area contributed by atoms with Gasteiger partial charge in [0.1, 0.15) is 5.82 Å². The number of fused-ring (bicyclic) bond motifs is 2. The van der Waals surface area contributed by atoms with Crippen LogP contribution in [-0.2, 0) is 22.6 Å². The van der Waals surface area contributed by atoms with E-state index in [9.17, 15) is 9.59 Å². The number of aromatic amines is 1. The molecule has 0 unspecified atom stereocenters. The van der Waals surface area contributed by atoms with Crippen molar-refractivity contribution in [2.75, 3.05) is 31.1 Å². The summed E-state index contributed by atoms with van der Waals surface area (Å²) in [6, 6.07) is 12.4. The first kappa shape index (κ1) is 25.9. The van der Waals surface area contributed by atoms with Crippen molar-refractivity contribution < 1.29 is 9.59 Å². The van der Waals surface area contributed by atoms with Crippen LogP contribution in [0.5, 0.6) is 0 Å². The van der Waals surface area contributed by atoms with Crippen LogP contribution >= 0.6 is 0 Å². The van der Waals surface area contributed by atoms with Gasteiger partial charge in [-0.3, -0.25) is 9.59 Å². The van der Waals surface area contributed by atoms with E-state index in [1.54, 1.807) is 0 Å². The molecular weight excluding hydrogens is 450 g/mol. The van der Waals surface area contributed by atoms with Gasteiger partial charge in [0.2, 0.25) is 11.8 Å². The number of H-pyrrole nitrogens is 1. The van der Waals surface area contributed by atoms with E-state index in [0.29, 0.717) is 57.9 Å². The molecular formula is C29H39N5O2. The average molecular weight is 490 g/mol. The van der Waals surface area contributed by atoms with Crippen molar-refractivity contribution in [3.8, 4) is 0 Å². The van der Waals surface area contributed by atoms with Crippen LogP contribution in [-0.4, -0.2) is 52.9 Å². The van der Waals surface area contributed by atoms with Gasteiger partial charge in [-0.2, -0.15) is 0 Å². The second-order valence-electron chi connectivity index (χ2n) is 10.3. The third-order valence-corrected chi connectivity index (χ3v) is 6.75. The molecule has 0 fully saturated rings. The van der Waals surface area contributed by atoms with Crippen LogP contribution in [0.15, 0.2) is 36.4 Å². The van der Waals surface area contributed by atoms with Crippen molar-refractivity contribution in [2.45, 2.75) is 59.9 Å². The van der Waals surface area contributed by atoms with E-state index >= 15 is 0 Å². The van der Waals surface area contributed by atoms with Crippen LogP contribution in [0.1, 0.15) is 55.6 Å². The number of benzene rings is 2. The highest BCUT2D eigenvalue weighted by Gasteiger charge is 2.22. The zero-order valence-corrected chi connectivity index (χ0v) is 22.1. The molecule has 3 aromatic rings. The Morgan fingerprint density at radius 1 is 1.06 bits per heavy atom. The molecule has 36 heavy (non-hydrogen) atoms. The number of amides is 2. The molecule has 2 heterocycles. The molecule has 1 aliphatic rings. The number of hydrogen-bond acceptors (Lipinski definition) is 4. The Hall–Kier alpha value is -3.19. The maximum absolute atomic E-state index is 13.2. The molecule has 7 heteroatoms. The maximum atomic E-state index is 13.2. The number of para-hydroxylation sites is 1. The Morgan fingerprint density at radius 2 is 1.86 bits per heavy atom. The Kier molecular flexibility index (Phi) is 8.41. The second kappa shape index (κ2) is 11.7. The van der Waals surface area contributed by atoms with Crippen molar-refractivity contribution >= 4 is 28.5 Å². The molecule has 0 saturated carbocycles. The highest BCUT2D eigenvalue weighted by molar-refractivity contribution is 5.94. The van der Waals surface area contributed by atoms with Gasteiger partial charge in [-0.25, -0.2) is 4.98 Å². The lowest BCUT2D eigenvalue weighted by atomic mass is 10.1. The minimum absolute atomic E-state index is 0.127. The number of imidazole rings is 1. The van der Waals surface area contributed by atoms with E-state index in [4.69, 9.17) is 4.98 Å². The van der Waals surface area contributed by atoms with E-state index in [0.717, 1.165) is 40.1 Å². The minimum Gasteiger partial charge on any atom is -0.342 e. The average Bonchev–Trinajstić information content (AvgIpc) is 3.22. The van der Waals surface area contributed by atoms with Gasteiger partial charge in [-0.05, 0) is 55.0 Å². The summed E-state index contributed by atoms with van der Waals surface area (Å²) >= 11 is 0. The highest BCUT2D eigenvalue weighted by Crippen LogP contribution is 2.23. The van der Waals surface area contributed by atoms with Gasteiger partial charge in [0.15, 0.2) is 0 Å². The maximum Gasteiger partial charge on any atom is 0.227 e. The van der Waals surface area contributed by atoms with E-state index in [2.05, 4.69) is 56.2 Å². The molecule has 0 spiro atoms. The van der Waals surface area contributed by atoms with Gasteiger partial charge in [-0.1, -0.05) is 38.1 Å². The molecule has 0 atom stereocenters. The predicted molar refractivity (Wildman–Crippen MR) is 145 cm³/mol. The van der Waals surface area contributed by atoms with E-state index < -0.39 is 0 Å². The predicted octanol–water partition coefficient (Wildman–Crippen LogP) is 4.51. The molecule has 0 saturated heterocycles. The van der Waals surface area contributed by atoms with Gasteiger partial charge in [-0.15, -0.1) is 0 Å². The second-order valence-corrected chi connectivity index (χ2v) is 10.3. The molecule has 4 rings (SSSR count). The number of hydrogen-bond donors (Lipinski definition) is 2. The Morgan fingerprint density at radius 3 is 2.67 bits per heavy atom. The van der Waals surface area contributed by atoms with Crippen LogP contribution in [0.3, 0.4) is 0 Å². The van der Waals surface area contributed by atoms with Crippen molar-refractivity contribution in [1.82, 2.24) is 20.2 Å². The quantitative estimate of drug-likeness (QED) is 0.552. The Bertz CT molecular complexity index is 1220. The fraction of sp³-hybridized carbons (Fsp3) is 0.483. The number of nitrogens with one attached hydrogen (secondary N) is 2. The van der Waals surface area contributed by atoms with Gasteiger partial charge in [0.25, 0.3) is 0 Å². The fourth-order valence-electron chi connectivity index (χ4n) is 5.00. The number of nitrogens with zero attached hydrogens (tertiary/aromatic N) is 3. The summed E-state index contributed by atoms with van der Waals surface area (Å²) in [5, 5.41) is 3.48. The zero-order valence-electron chi connectivity index (χ0n) is 22.1. The smallest absolute Gasteiger partial charge is 0.227 e. The van der Waals surface area contributed by atoms with Crippen molar-refractivity contribution in [3.63, 3.8) is 0 Å². The van der Waals surface area contributed by atoms with Crippen LogP contribution < -0.4 is 10.2 Å². The number of aryl methyl sites for hydroxylation is 3. The van der Waals surface area contributed by atoms with Crippen LogP contribution in [0.4, 0.5) is 5.69 Å². The molecule has 2 aromatic carbocycles. The highest BCUT2D eigenvalue weighted by atomic mass is 16.2. The van der Waals surface area contributed by atoms with E-state index in [1.165, 1.54) is 5.56 Å². The number of aromatic nitrogens is 2. The van der Waals surface area contributed by atoms with Crippen LogP contribution in [0.2, 0.25) is 0 Å². The summed E-state index contributed by atoms with van der Waals surface area (Å²) < 4.78 is 0. The number of carbonyl (C=O) groups is 2. The summed E-state index contributed by atoms with van der Waals surface area (Å²) in [5.41, 5.74) is 6.45. The SMILES string of the molecule is Cc1cc(C)c2nc(CCC(=O)N3CCCN(C(=O)CC(C)C)c4ccccc4CNCC3)[nH]c2c1. The molecule has 1 aromatic heterocycles. The summed E-state index contributed by atoms with van der Waals surface area (Å²) in [7, 11) is 0. The van der Waals surface area contributed by atoms with Crippen molar-refractivity contribution in [2.24, 2.45) is 5.92 Å². The third-order valence-electron chi connectivity index (χ3n) is 6.75. The minimum atomic E-state index is 0.127. The molecule has 0 radical (unpaired) electrons. The van der Waals surface area contributed by atoms with Gasteiger partial charge < -0.3 is 20.1 Å². The standard InChI is InChI=1S/C29H39N5O2/c1-20(2)16-28(36)34-14-7-13-33(15-12-30-19-23-8-5-6-9-25(23)34)27(35)11-10-26-31-24-18-21(3)17-22(4)29(24)32-26/h5-6,8-9,17-18,20,30H,7,10-16,19H2,1-4H3,(H,31,32). The van der Waals surface area contributed by atoms with Crippen molar-refractivity contribution in [1.29, 1.82) is 0 Å². The Labute approximate surface area is 214 Å². The summed E-state index contributed by atoms with van der Waals surface area (Å²) in [6.45, 7) is 11.6. The summed E-state index contributed by atoms with van der Waals surface area (Å²) in [4.78, 5) is 38.3.